The Kier molecular flexibility index (Phi) is 5.93. The predicted molar refractivity (Wildman–Crippen MR) is 193 cm³/mol. The molecule has 4 nitrogen and oxygen atoms in total. The molecule has 9 aromatic rings. The number of amidine groups is 1. The smallest absolute Gasteiger partial charge is 0.151 e. The Bertz CT molecular complexity index is 2620. The van der Waals surface area contributed by atoms with Gasteiger partial charge in [0.2, 0.25) is 0 Å². The van der Waals surface area contributed by atoms with E-state index in [-0.39, 0.29) is 5.84 Å². The summed E-state index contributed by atoms with van der Waals surface area (Å²) in [5, 5.41) is 15.8. The molecule has 2 aromatic heterocycles. The van der Waals surface area contributed by atoms with E-state index in [1.807, 2.05) is 30.3 Å². The van der Waals surface area contributed by atoms with Gasteiger partial charge in [-0.25, -0.2) is 4.99 Å². The summed E-state index contributed by atoms with van der Waals surface area (Å²) in [6.07, 6.45) is 1.77. The molecule has 0 spiro atoms. The minimum atomic E-state index is 0.247. The van der Waals surface area contributed by atoms with Gasteiger partial charge in [0.25, 0.3) is 0 Å². The predicted octanol–water partition coefficient (Wildman–Crippen LogP) is 10.5. The normalized spacial score (nSPS) is 11.9. The van der Waals surface area contributed by atoms with Crippen molar-refractivity contribution in [2.24, 2.45) is 4.99 Å². The van der Waals surface area contributed by atoms with Crippen molar-refractivity contribution in [1.29, 1.82) is 5.41 Å². The quantitative estimate of drug-likeness (QED) is 0.157. The van der Waals surface area contributed by atoms with Crippen LogP contribution in [0.5, 0.6) is 0 Å². The lowest BCUT2D eigenvalue weighted by atomic mass is 9.99. The lowest BCUT2D eigenvalue weighted by molar-refractivity contribution is 1.18. The second-order valence-corrected chi connectivity index (χ2v) is 11.6. The van der Waals surface area contributed by atoms with Crippen LogP contribution in [0.1, 0.15) is 11.1 Å². The van der Waals surface area contributed by atoms with Crippen molar-refractivity contribution in [2.45, 2.75) is 0 Å². The monoisotopic (exact) mass is 588 g/mol. The minimum Gasteiger partial charge on any atom is -0.309 e. The molecule has 4 heteroatoms. The van der Waals surface area contributed by atoms with Gasteiger partial charge in [-0.05, 0) is 47.3 Å². The van der Waals surface area contributed by atoms with Gasteiger partial charge < -0.3 is 9.13 Å². The van der Waals surface area contributed by atoms with Crippen molar-refractivity contribution in [3.63, 3.8) is 0 Å². The maximum atomic E-state index is 8.37. The molecular formula is C42H28N4. The summed E-state index contributed by atoms with van der Waals surface area (Å²) >= 11 is 0. The fourth-order valence-electron chi connectivity index (χ4n) is 7.02. The van der Waals surface area contributed by atoms with Crippen LogP contribution in [0.2, 0.25) is 0 Å². The number of nitrogens with zero attached hydrogens (tertiary/aromatic N) is 3. The molecule has 216 valence electrons. The molecule has 2 heterocycles. The van der Waals surface area contributed by atoms with Crippen LogP contribution < -0.4 is 0 Å². The summed E-state index contributed by atoms with van der Waals surface area (Å²) in [6, 6.07) is 55.1. The minimum absolute atomic E-state index is 0.247. The fraction of sp³-hybridized carbons (Fsp3) is 0. The number of para-hydroxylation sites is 3. The summed E-state index contributed by atoms with van der Waals surface area (Å²) in [5.74, 6) is 0.247. The summed E-state index contributed by atoms with van der Waals surface area (Å²) in [6.45, 7) is 0. The van der Waals surface area contributed by atoms with Crippen molar-refractivity contribution in [2.75, 3.05) is 0 Å². The van der Waals surface area contributed by atoms with Gasteiger partial charge in [-0.15, -0.1) is 0 Å². The van der Waals surface area contributed by atoms with E-state index in [0.29, 0.717) is 0 Å². The van der Waals surface area contributed by atoms with E-state index in [9.17, 15) is 0 Å². The van der Waals surface area contributed by atoms with Gasteiger partial charge in [-0.1, -0.05) is 121 Å². The van der Waals surface area contributed by atoms with E-state index >= 15 is 0 Å². The first-order chi connectivity index (χ1) is 22.8. The Labute approximate surface area is 265 Å². The molecule has 0 fully saturated rings. The molecule has 9 rings (SSSR count). The number of aliphatic imine (C=N–C) groups is 1. The standard InChI is InChI=1S/C42H28N4/c43-42(29-13-3-1-4-14-29)44-27-28-23-25-31(26-24-28)45-37-22-12-10-20-35(37)39-40(45)33-18-8-7-17-32(33)38-34-19-9-11-21-36(34)46(41(38)39)30-15-5-2-6-16-30/h1-27,43H/b43-42?,44-27+. The highest BCUT2D eigenvalue weighted by atomic mass is 15.0. The fourth-order valence-corrected chi connectivity index (χ4v) is 7.02. The summed E-state index contributed by atoms with van der Waals surface area (Å²) in [4.78, 5) is 4.44. The first-order valence-corrected chi connectivity index (χ1v) is 15.5. The van der Waals surface area contributed by atoms with Crippen LogP contribution in [0.3, 0.4) is 0 Å². The highest BCUT2D eigenvalue weighted by Crippen LogP contribution is 2.46. The Morgan fingerprint density at radius 3 is 1.63 bits per heavy atom. The van der Waals surface area contributed by atoms with E-state index in [1.54, 1.807) is 6.21 Å². The Morgan fingerprint density at radius 1 is 0.457 bits per heavy atom. The summed E-state index contributed by atoms with van der Waals surface area (Å²) in [7, 11) is 0. The number of hydrogen-bond acceptors (Lipinski definition) is 1. The number of hydrogen-bond donors (Lipinski definition) is 1. The van der Waals surface area contributed by atoms with Gasteiger partial charge >= 0.3 is 0 Å². The second-order valence-electron chi connectivity index (χ2n) is 11.6. The van der Waals surface area contributed by atoms with Gasteiger partial charge in [0.15, 0.2) is 5.84 Å². The average molecular weight is 589 g/mol. The Hall–Kier alpha value is -6.26. The van der Waals surface area contributed by atoms with Gasteiger partial charge in [0, 0.05) is 50.1 Å². The zero-order valence-corrected chi connectivity index (χ0v) is 24.9. The van der Waals surface area contributed by atoms with Crippen LogP contribution in [0.4, 0.5) is 0 Å². The molecule has 0 atom stereocenters. The van der Waals surface area contributed by atoms with Crippen LogP contribution in [0.15, 0.2) is 163 Å². The van der Waals surface area contributed by atoms with E-state index in [0.717, 1.165) is 28.0 Å². The largest absolute Gasteiger partial charge is 0.309 e. The first-order valence-electron chi connectivity index (χ1n) is 15.5. The van der Waals surface area contributed by atoms with Crippen LogP contribution in [-0.2, 0) is 0 Å². The molecule has 0 aliphatic heterocycles. The molecule has 0 amide bonds. The molecule has 0 unspecified atom stereocenters. The van der Waals surface area contributed by atoms with E-state index in [1.165, 1.54) is 48.9 Å². The highest BCUT2D eigenvalue weighted by Gasteiger charge is 2.24. The number of aromatic nitrogens is 2. The molecule has 0 aliphatic carbocycles. The van der Waals surface area contributed by atoms with E-state index < -0.39 is 0 Å². The van der Waals surface area contributed by atoms with Gasteiger partial charge in [-0.3, -0.25) is 5.41 Å². The molecular weight excluding hydrogens is 560 g/mol. The average Bonchev–Trinajstić information content (AvgIpc) is 3.66. The maximum absolute atomic E-state index is 8.37. The molecule has 1 N–H and O–H groups in total. The molecule has 0 radical (unpaired) electrons. The van der Waals surface area contributed by atoms with E-state index in [4.69, 9.17) is 5.41 Å². The molecule has 0 bridgehead atoms. The van der Waals surface area contributed by atoms with Crippen molar-refractivity contribution >= 4 is 66.4 Å². The Balaban J connectivity index is 1.35. The summed E-state index contributed by atoms with van der Waals surface area (Å²) < 4.78 is 4.85. The SMILES string of the molecule is N=C(/N=C/c1ccc(-n2c3ccccc3c3c2c2ccccc2c2c4ccccc4n(-c4ccccc4)c23)cc1)c1ccccc1. The zero-order chi connectivity index (χ0) is 30.6. The van der Waals surface area contributed by atoms with Crippen molar-refractivity contribution in [3.05, 3.63) is 169 Å². The number of rotatable bonds is 4. The van der Waals surface area contributed by atoms with Crippen molar-refractivity contribution in [1.82, 2.24) is 9.13 Å². The first kappa shape index (κ1) is 26.2. The number of fused-ring (bicyclic) bond motifs is 10. The van der Waals surface area contributed by atoms with Crippen LogP contribution in [0.25, 0.3) is 65.8 Å². The number of nitrogens with one attached hydrogen (secondary N) is 1. The van der Waals surface area contributed by atoms with Crippen LogP contribution >= 0.6 is 0 Å². The molecule has 0 aliphatic rings. The molecule has 46 heavy (non-hydrogen) atoms. The lowest BCUT2D eigenvalue weighted by Crippen LogP contribution is -1.97. The lowest BCUT2D eigenvalue weighted by Gasteiger charge is -2.13. The molecule has 7 aromatic carbocycles. The maximum Gasteiger partial charge on any atom is 0.151 e. The third-order valence-electron chi connectivity index (χ3n) is 8.99. The van der Waals surface area contributed by atoms with Crippen molar-refractivity contribution < 1.29 is 0 Å². The van der Waals surface area contributed by atoms with E-state index in [2.05, 4.69) is 142 Å². The topological polar surface area (TPSA) is 46.1 Å². The van der Waals surface area contributed by atoms with Crippen LogP contribution in [0, 0.1) is 5.41 Å². The third kappa shape index (κ3) is 3.94. The zero-order valence-electron chi connectivity index (χ0n) is 24.9. The highest BCUT2D eigenvalue weighted by molar-refractivity contribution is 6.36. The van der Waals surface area contributed by atoms with Gasteiger partial charge in [0.05, 0.1) is 22.1 Å². The number of benzene rings is 7. The summed E-state index contributed by atoms with van der Waals surface area (Å²) in [5.41, 5.74) is 8.74. The third-order valence-corrected chi connectivity index (χ3v) is 8.99. The second kappa shape index (κ2) is 10.4. The molecule has 0 saturated heterocycles. The molecule has 0 saturated carbocycles. The van der Waals surface area contributed by atoms with Crippen molar-refractivity contribution in [3.8, 4) is 11.4 Å². The van der Waals surface area contributed by atoms with Crippen LogP contribution in [-0.4, -0.2) is 21.2 Å². The Morgan fingerprint density at radius 2 is 0.957 bits per heavy atom. The van der Waals surface area contributed by atoms with Gasteiger partial charge in [-0.2, -0.15) is 0 Å². The van der Waals surface area contributed by atoms with Gasteiger partial charge in [0.1, 0.15) is 0 Å².